The number of rotatable bonds is 7. The van der Waals surface area contributed by atoms with Crippen molar-refractivity contribution in [3.63, 3.8) is 0 Å². The summed E-state index contributed by atoms with van der Waals surface area (Å²) in [6, 6.07) is 2.26. The summed E-state index contributed by atoms with van der Waals surface area (Å²) in [5.74, 6) is 0.285. The highest BCUT2D eigenvalue weighted by atomic mass is 35.5. The molecule has 0 saturated carbocycles. The van der Waals surface area contributed by atoms with Crippen molar-refractivity contribution in [3.05, 3.63) is 23.0 Å². The molecule has 2 heterocycles. The number of aliphatic hydroxyl groups excluding tert-OH is 1. The van der Waals surface area contributed by atoms with Crippen molar-refractivity contribution in [2.24, 2.45) is 5.92 Å². The van der Waals surface area contributed by atoms with Gasteiger partial charge in [0.1, 0.15) is 5.15 Å². The van der Waals surface area contributed by atoms with Crippen molar-refractivity contribution in [1.29, 1.82) is 0 Å². The van der Waals surface area contributed by atoms with Gasteiger partial charge in [-0.05, 0) is 25.8 Å². The van der Waals surface area contributed by atoms with Crippen molar-refractivity contribution in [3.8, 4) is 0 Å². The fraction of sp³-hybridized carbons (Fsp3) is 0.625. The molecule has 2 aromatic rings. The maximum absolute atomic E-state index is 9.98. The van der Waals surface area contributed by atoms with Gasteiger partial charge in [-0.2, -0.15) is 5.10 Å². The molecule has 0 saturated heterocycles. The number of halogens is 1. The summed E-state index contributed by atoms with van der Waals surface area (Å²) in [4.78, 5) is 4.47. The van der Waals surface area contributed by atoms with Crippen LogP contribution in [-0.4, -0.2) is 32.5 Å². The summed E-state index contributed by atoms with van der Waals surface area (Å²) in [5, 5.41) is 19.1. The van der Waals surface area contributed by atoms with Crippen LogP contribution in [0, 0.1) is 5.92 Å². The Morgan fingerprint density at radius 3 is 2.73 bits per heavy atom. The predicted octanol–water partition coefficient (Wildman–Crippen LogP) is 3.16. The van der Waals surface area contributed by atoms with Crippen molar-refractivity contribution >= 4 is 22.6 Å². The summed E-state index contributed by atoms with van der Waals surface area (Å²) in [7, 11) is 0. The minimum atomic E-state index is -0.343. The number of pyridine rings is 1. The van der Waals surface area contributed by atoms with Gasteiger partial charge >= 0.3 is 0 Å². The predicted molar refractivity (Wildman–Crippen MR) is 90.1 cm³/mol. The van der Waals surface area contributed by atoms with Crippen molar-refractivity contribution in [1.82, 2.24) is 20.1 Å². The zero-order chi connectivity index (χ0) is 16.3. The van der Waals surface area contributed by atoms with Gasteiger partial charge in [0.2, 0.25) is 0 Å². The highest BCUT2D eigenvalue weighted by Gasteiger charge is 2.14. The van der Waals surface area contributed by atoms with Crippen LogP contribution >= 0.6 is 11.6 Å². The molecule has 0 aliphatic carbocycles. The molecule has 2 rings (SSSR count). The van der Waals surface area contributed by atoms with Crippen LogP contribution in [0.4, 0.5) is 0 Å². The lowest BCUT2D eigenvalue weighted by Gasteiger charge is -2.17. The van der Waals surface area contributed by atoms with Crippen LogP contribution in [0.1, 0.15) is 45.7 Å². The molecular weight excluding hydrogens is 300 g/mol. The summed E-state index contributed by atoms with van der Waals surface area (Å²) < 4.78 is 1.87. The summed E-state index contributed by atoms with van der Waals surface area (Å²) in [5.41, 5.74) is 1.73. The number of fused-ring (bicyclic) bond motifs is 1. The highest BCUT2D eigenvalue weighted by molar-refractivity contribution is 6.30. The van der Waals surface area contributed by atoms with Crippen LogP contribution in [-0.2, 0) is 6.54 Å². The Bertz CT molecular complexity index is 626. The Labute approximate surface area is 136 Å². The Hall–Kier alpha value is -1.17. The van der Waals surface area contributed by atoms with E-state index in [2.05, 4.69) is 36.2 Å². The first-order valence-electron chi connectivity index (χ1n) is 7.85. The van der Waals surface area contributed by atoms with E-state index in [0.29, 0.717) is 18.2 Å². The Morgan fingerprint density at radius 2 is 2.09 bits per heavy atom. The van der Waals surface area contributed by atoms with Crippen LogP contribution in [0.15, 0.2) is 12.3 Å². The largest absolute Gasteiger partial charge is 0.392 e. The monoisotopic (exact) mass is 324 g/mol. The second kappa shape index (κ2) is 7.40. The second-order valence-corrected chi connectivity index (χ2v) is 6.48. The van der Waals surface area contributed by atoms with Gasteiger partial charge < -0.3 is 10.4 Å². The number of aliphatic hydroxyl groups is 1. The summed E-state index contributed by atoms with van der Waals surface area (Å²) in [6.45, 7) is 9.39. The molecule has 6 heteroatoms. The second-order valence-electron chi connectivity index (χ2n) is 6.12. The molecule has 5 nitrogen and oxygen atoms in total. The number of hydrogen-bond acceptors (Lipinski definition) is 4. The van der Waals surface area contributed by atoms with Crippen LogP contribution < -0.4 is 5.32 Å². The third-order valence-electron chi connectivity index (χ3n) is 4.05. The highest BCUT2D eigenvalue weighted by Crippen LogP contribution is 2.22. The van der Waals surface area contributed by atoms with Gasteiger partial charge in [0.15, 0.2) is 5.65 Å². The fourth-order valence-corrected chi connectivity index (χ4v) is 2.53. The van der Waals surface area contributed by atoms with E-state index in [-0.39, 0.29) is 18.1 Å². The third-order valence-corrected chi connectivity index (χ3v) is 4.38. The zero-order valence-electron chi connectivity index (χ0n) is 13.7. The molecule has 0 aromatic carbocycles. The van der Waals surface area contributed by atoms with Gasteiger partial charge in [0.05, 0.1) is 12.3 Å². The topological polar surface area (TPSA) is 63.0 Å². The van der Waals surface area contributed by atoms with E-state index in [1.165, 1.54) is 0 Å². The van der Waals surface area contributed by atoms with E-state index in [1.54, 1.807) is 0 Å². The van der Waals surface area contributed by atoms with Crippen LogP contribution in [0.5, 0.6) is 0 Å². The smallest absolute Gasteiger partial charge is 0.159 e. The van der Waals surface area contributed by atoms with Crippen LogP contribution in [0.25, 0.3) is 11.0 Å². The molecule has 2 N–H and O–H groups in total. The lowest BCUT2D eigenvalue weighted by molar-refractivity contribution is 0.113. The maximum Gasteiger partial charge on any atom is 0.159 e. The molecule has 2 atom stereocenters. The molecular formula is C16H25ClN4O. The van der Waals surface area contributed by atoms with E-state index < -0.39 is 0 Å². The quantitative estimate of drug-likeness (QED) is 0.768. The van der Waals surface area contributed by atoms with E-state index in [4.69, 9.17) is 11.6 Å². The SMILES string of the molecule is CCC(C)C(O)CNCc1cc2cnn(C(C)C)c2nc1Cl. The third kappa shape index (κ3) is 3.77. The molecule has 22 heavy (non-hydrogen) atoms. The molecule has 0 spiro atoms. The zero-order valence-corrected chi connectivity index (χ0v) is 14.4. The van der Waals surface area contributed by atoms with Gasteiger partial charge in [-0.1, -0.05) is 31.9 Å². The van der Waals surface area contributed by atoms with E-state index in [9.17, 15) is 5.11 Å². The number of nitrogens with one attached hydrogen (secondary N) is 1. The van der Waals surface area contributed by atoms with Crippen LogP contribution in [0.3, 0.4) is 0 Å². The molecule has 122 valence electrons. The van der Waals surface area contributed by atoms with E-state index in [1.807, 2.05) is 23.9 Å². The summed E-state index contributed by atoms with van der Waals surface area (Å²) >= 11 is 6.29. The van der Waals surface area contributed by atoms with Crippen molar-refractivity contribution in [2.45, 2.75) is 52.8 Å². The van der Waals surface area contributed by atoms with Gasteiger partial charge in [-0.15, -0.1) is 0 Å². The lowest BCUT2D eigenvalue weighted by Crippen LogP contribution is -2.31. The summed E-state index contributed by atoms with van der Waals surface area (Å²) in [6.07, 6.45) is 2.44. The Morgan fingerprint density at radius 1 is 1.36 bits per heavy atom. The van der Waals surface area contributed by atoms with Gasteiger partial charge in [0.25, 0.3) is 0 Å². The first kappa shape index (κ1) is 17.2. The average molecular weight is 325 g/mol. The number of aromatic nitrogens is 3. The van der Waals surface area contributed by atoms with Gasteiger partial charge in [-0.3, -0.25) is 0 Å². The molecule has 0 fully saturated rings. The molecule has 2 aromatic heterocycles. The van der Waals surface area contributed by atoms with E-state index >= 15 is 0 Å². The molecule has 0 radical (unpaired) electrons. The minimum absolute atomic E-state index is 0.246. The molecule has 2 unspecified atom stereocenters. The first-order valence-corrected chi connectivity index (χ1v) is 8.23. The van der Waals surface area contributed by atoms with Crippen molar-refractivity contribution < 1.29 is 5.11 Å². The van der Waals surface area contributed by atoms with Gasteiger partial charge in [0, 0.05) is 30.1 Å². The number of hydrogen-bond donors (Lipinski definition) is 2. The standard InChI is InChI=1S/C16H25ClN4O/c1-5-11(4)14(22)9-18-7-12-6-13-8-19-21(10(2)3)16(13)20-15(12)17/h6,8,10-11,14,18,22H,5,7,9H2,1-4H3. The van der Waals surface area contributed by atoms with E-state index in [0.717, 1.165) is 23.0 Å². The van der Waals surface area contributed by atoms with Crippen molar-refractivity contribution in [2.75, 3.05) is 6.54 Å². The Kier molecular flexibility index (Phi) is 5.78. The lowest BCUT2D eigenvalue weighted by atomic mass is 10.0. The molecule has 0 aliphatic rings. The minimum Gasteiger partial charge on any atom is -0.392 e. The fourth-order valence-electron chi connectivity index (χ4n) is 2.33. The average Bonchev–Trinajstić information content (AvgIpc) is 2.89. The van der Waals surface area contributed by atoms with Crippen LogP contribution in [0.2, 0.25) is 5.15 Å². The first-order chi connectivity index (χ1) is 10.4. The molecule has 0 bridgehead atoms. The van der Waals surface area contributed by atoms with Gasteiger partial charge in [-0.25, -0.2) is 9.67 Å². The Balaban J connectivity index is 2.07. The number of nitrogens with zero attached hydrogens (tertiary/aromatic N) is 3. The molecule has 0 amide bonds. The normalized spacial score (nSPS) is 14.7. The maximum atomic E-state index is 9.98. The molecule has 0 aliphatic heterocycles.